The van der Waals surface area contributed by atoms with Crippen LogP contribution in [0.3, 0.4) is 0 Å². The van der Waals surface area contributed by atoms with Crippen molar-refractivity contribution < 1.29 is 18.6 Å². The van der Waals surface area contributed by atoms with E-state index in [1.54, 1.807) is 30.3 Å². The van der Waals surface area contributed by atoms with Crippen LogP contribution in [0.5, 0.6) is 11.5 Å². The number of morpholine rings is 1. The van der Waals surface area contributed by atoms with Gasteiger partial charge in [-0.2, -0.15) is 0 Å². The number of hydrogen-bond donors (Lipinski definition) is 1. The molecule has 4 nitrogen and oxygen atoms in total. The van der Waals surface area contributed by atoms with Crippen LogP contribution in [0.2, 0.25) is 5.02 Å². The second-order valence-electron chi connectivity index (χ2n) is 5.47. The van der Waals surface area contributed by atoms with Gasteiger partial charge < -0.3 is 19.5 Å². The molecule has 7 heteroatoms. The van der Waals surface area contributed by atoms with E-state index in [4.69, 9.17) is 25.8 Å². The lowest BCUT2D eigenvalue weighted by Crippen LogP contribution is -2.41. The number of methoxy groups -OCH3 is 1. The molecule has 1 aliphatic heterocycles. The maximum Gasteiger partial charge on any atom is 0.171 e. The minimum Gasteiger partial charge on any atom is -0.492 e. The average Bonchev–Trinajstić information content (AvgIpc) is 2.61. The Kier molecular flexibility index (Phi) is 7.32. The molecule has 0 saturated carbocycles. The van der Waals surface area contributed by atoms with Gasteiger partial charge in [-0.15, -0.1) is 12.4 Å². The molecule has 0 aliphatic carbocycles. The summed E-state index contributed by atoms with van der Waals surface area (Å²) >= 11 is 6.03. The van der Waals surface area contributed by atoms with Gasteiger partial charge in [0.1, 0.15) is 18.5 Å². The van der Waals surface area contributed by atoms with E-state index >= 15 is 0 Å². The molecule has 2 aromatic carbocycles. The Morgan fingerprint density at radius 1 is 1.32 bits per heavy atom. The fourth-order valence-corrected chi connectivity index (χ4v) is 2.87. The number of ether oxygens (including phenoxy) is 3. The number of benzene rings is 2. The predicted molar refractivity (Wildman–Crippen MR) is 98.8 cm³/mol. The van der Waals surface area contributed by atoms with E-state index in [0.29, 0.717) is 40.9 Å². The molecule has 0 spiro atoms. The van der Waals surface area contributed by atoms with Gasteiger partial charge in [0.2, 0.25) is 0 Å². The Balaban J connectivity index is 0.00000225. The van der Waals surface area contributed by atoms with Crippen LogP contribution in [0.1, 0.15) is 0 Å². The SMILES string of the molecule is COc1c(OC[C@@H]2CNCCO2)ccc(F)c1-c1cccc(Cl)c1.Cl. The Hall–Kier alpha value is -1.53. The van der Waals surface area contributed by atoms with Crippen LogP contribution < -0.4 is 14.8 Å². The van der Waals surface area contributed by atoms with Crippen molar-refractivity contribution in [3.8, 4) is 22.6 Å². The monoisotopic (exact) mass is 387 g/mol. The first-order chi connectivity index (χ1) is 11.7. The minimum atomic E-state index is -0.392. The van der Waals surface area contributed by atoms with Gasteiger partial charge in [0, 0.05) is 18.1 Å². The number of nitrogens with one attached hydrogen (secondary N) is 1. The molecular formula is C18H20Cl2FNO3. The average molecular weight is 388 g/mol. The van der Waals surface area contributed by atoms with Gasteiger partial charge in [0.05, 0.1) is 19.3 Å². The first-order valence-electron chi connectivity index (χ1n) is 7.76. The molecule has 1 atom stereocenters. The van der Waals surface area contributed by atoms with Crippen LogP contribution in [0.4, 0.5) is 4.39 Å². The Labute approximate surface area is 157 Å². The van der Waals surface area contributed by atoms with Crippen molar-refractivity contribution in [3.63, 3.8) is 0 Å². The zero-order valence-corrected chi connectivity index (χ0v) is 15.3. The third kappa shape index (κ3) is 4.76. The highest BCUT2D eigenvalue weighted by Crippen LogP contribution is 2.40. The quantitative estimate of drug-likeness (QED) is 0.842. The summed E-state index contributed by atoms with van der Waals surface area (Å²) in [6.07, 6.45) is -0.0388. The Morgan fingerprint density at radius 2 is 2.16 bits per heavy atom. The summed E-state index contributed by atoms with van der Waals surface area (Å²) in [5, 5.41) is 3.77. The van der Waals surface area contributed by atoms with Crippen LogP contribution in [0.25, 0.3) is 11.1 Å². The fourth-order valence-electron chi connectivity index (χ4n) is 2.68. The standard InChI is InChI=1S/C18H19ClFNO3.ClH/c1-22-18-16(24-11-14-10-21-7-8-23-14)6-5-15(20)17(18)12-3-2-4-13(19)9-12;/h2-6,9,14,21H,7-8,10-11H2,1H3;1H/t14-;/m0./s1. The maximum absolute atomic E-state index is 14.4. The summed E-state index contributed by atoms with van der Waals surface area (Å²) in [5.41, 5.74) is 0.970. The third-order valence-corrected chi connectivity index (χ3v) is 4.05. The van der Waals surface area contributed by atoms with Crippen molar-refractivity contribution in [2.45, 2.75) is 6.10 Å². The molecule has 1 fully saturated rings. The Morgan fingerprint density at radius 3 is 2.84 bits per heavy atom. The summed E-state index contributed by atoms with van der Waals surface area (Å²) in [6, 6.07) is 9.92. The van der Waals surface area contributed by atoms with Gasteiger partial charge in [0.15, 0.2) is 11.5 Å². The molecule has 3 rings (SSSR count). The molecule has 0 unspecified atom stereocenters. The normalized spacial score (nSPS) is 16.8. The molecule has 25 heavy (non-hydrogen) atoms. The van der Waals surface area contributed by atoms with Crippen LogP contribution >= 0.6 is 24.0 Å². The smallest absolute Gasteiger partial charge is 0.171 e. The number of hydrogen-bond acceptors (Lipinski definition) is 4. The van der Waals surface area contributed by atoms with Gasteiger partial charge in [-0.3, -0.25) is 0 Å². The van der Waals surface area contributed by atoms with Crippen molar-refractivity contribution >= 4 is 24.0 Å². The molecule has 0 aromatic heterocycles. The molecule has 1 heterocycles. The van der Waals surface area contributed by atoms with Crippen molar-refractivity contribution in [1.82, 2.24) is 5.32 Å². The highest BCUT2D eigenvalue weighted by atomic mass is 35.5. The molecular weight excluding hydrogens is 368 g/mol. The van der Waals surface area contributed by atoms with Gasteiger partial charge in [0.25, 0.3) is 0 Å². The van der Waals surface area contributed by atoms with Crippen LogP contribution in [-0.2, 0) is 4.74 Å². The van der Waals surface area contributed by atoms with Gasteiger partial charge in [-0.05, 0) is 29.8 Å². The summed E-state index contributed by atoms with van der Waals surface area (Å²) in [6.45, 7) is 2.59. The largest absolute Gasteiger partial charge is 0.492 e. The molecule has 0 bridgehead atoms. The van der Waals surface area contributed by atoms with Crippen LogP contribution in [-0.4, -0.2) is 39.5 Å². The summed E-state index contributed by atoms with van der Waals surface area (Å²) in [4.78, 5) is 0. The second kappa shape index (κ2) is 9.25. The lowest BCUT2D eigenvalue weighted by Gasteiger charge is -2.24. The zero-order chi connectivity index (χ0) is 16.9. The summed E-state index contributed by atoms with van der Waals surface area (Å²) < 4.78 is 31.3. The molecule has 1 aliphatic rings. The van der Waals surface area contributed by atoms with E-state index in [2.05, 4.69) is 5.32 Å². The first kappa shape index (κ1) is 19.8. The lowest BCUT2D eigenvalue weighted by molar-refractivity contribution is -0.000263. The van der Waals surface area contributed by atoms with E-state index < -0.39 is 5.82 Å². The Bertz CT molecular complexity index is 709. The van der Waals surface area contributed by atoms with Gasteiger partial charge in [-0.25, -0.2) is 4.39 Å². The third-order valence-electron chi connectivity index (χ3n) is 3.82. The summed E-state index contributed by atoms with van der Waals surface area (Å²) in [7, 11) is 1.49. The van der Waals surface area contributed by atoms with Gasteiger partial charge in [-0.1, -0.05) is 23.7 Å². The second-order valence-corrected chi connectivity index (χ2v) is 5.91. The molecule has 2 aromatic rings. The molecule has 1 N–H and O–H groups in total. The fraction of sp³-hybridized carbons (Fsp3) is 0.333. The summed E-state index contributed by atoms with van der Waals surface area (Å²) in [5.74, 6) is 0.432. The van der Waals surface area contributed by atoms with E-state index in [0.717, 1.165) is 13.1 Å². The molecule has 136 valence electrons. The van der Waals surface area contributed by atoms with Crippen molar-refractivity contribution in [2.24, 2.45) is 0 Å². The lowest BCUT2D eigenvalue weighted by atomic mass is 10.0. The van der Waals surface area contributed by atoms with Gasteiger partial charge >= 0.3 is 0 Å². The van der Waals surface area contributed by atoms with E-state index in [9.17, 15) is 4.39 Å². The van der Waals surface area contributed by atoms with Crippen molar-refractivity contribution in [1.29, 1.82) is 0 Å². The van der Waals surface area contributed by atoms with Crippen molar-refractivity contribution in [3.05, 3.63) is 47.2 Å². The minimum absolute atomic E-state index is 0. The highest BCUT2D eigenvalue weighted by molar-refractivity contribution is 6.30. The predicted octanol–water partition coefficient (Wildman–Crippen LogP) is 3.94. The van der Waals surface area contributed by atoms with Crippen LogP contribution in [0.15, 0.2) is 36.4 Å². The van der Waals surface area contributed by atoms with Crippen molar-refractivity contribution in [2.75, 3.05) is 33.4 Å². The number of rotatable bonds is 5. The number of halogens is 3. The maximum atomic E-state index is 14.4. The topological polar surface area (TPSA) is 39.7 Å². The van der Waals surface area contributed by atoms with E-state index in [1.807, 2.05) is 0 Å². The van der Waals surface area contributed by atoms with E-state index in [-0.39, 0.29) is 18.5 Å². The molecule has 1 saturated heterocycles. The van der Waals surface area contributed by atoms with Crippen LogP contribution in [0, 0.1) is 5.82 Å². The molecule has 0 radical (unpaired) electrons. The first-order valence-corrected chi connectivity index (χ1v) is 8.14. The van der Waals surface area contributed by atoms with E-state index in [1.165, 1.54) is 13.2 Å². The highest BCUT2D eigenvalue weighted by Gasteiger charge is 2.20. The zero-order valence-electron chi connectivity index (χ0n) is 13.8. The molecule has 0 amide bonds.